The number of hydrogen-bond acceptors (Lipinski definition) is 5. The molecule has 0 saturated heterocycles. The molecule has 5 rings (SSSR count). The third kappa shape index (κ3) is 3.32. The van der Waals surface area contributed by atoms with Crippen LogP contribution in [-0.4, -0.2) is 37.3 Å². The Labute approximate surface area is 187 Å². The maximum Gasteiger partial charge on any atom is 0.258 e. The van der Waals surface area contributed by atoms with E-state index in [2.05, 4.69) is 24.0 Å². The van der Waals surface area contributed by atoms with Crippen molar-refractivity contribution < 1.29 is 19.4 Å². The molecule has 2 heterocycles. The van der Waals surface area contributed by atoms with Gasteiger partial charge in [0.05, 0.1) is 25.4 Å². The zero-order valence-corrected chi connectivity index (χ0v) is 18.2. The summed E-state index contributed by atoms with van der Waals surface area (Å²) in [5, 5.41) is 10.2. The van der Waals surface area contributed by atoms with E-state index in [1.165, 1.54) is 13.2 Å². The van der Waals surface area contributed by atoms with Gasteiger partial charge in [-0.25, -0.2) is 0 Å². The molecular formula is C26H26N2O4. The molecule has 2 aliphatic heterocycles. The van der Waals surface area contributed by atoms with Crippen LogP contribution in [0.25, 0.3) is 0 Å². The Hall–Kier alpha value is -3.67. The van der Waals surface area contributed by atoms with Crippen molar-refractivity contribution in [2.24, 2.45) is 0 Å². The molecule has 6 nitrogen and oxygen atoms in total. The standard InChI is InChI=1S/C26H26N2O4/c1-17-15-22(27-13-14-32-24-10-6-5-9-21(24)27)19-7-3-4-8-20(19)28(17)26(30)18-11-12-25(31-2)23(29)16-18/h3-12,16-17,22,29H,13-15H2,1-2H3. The number of amides is 1. The molecule has 1 amide bonds. The molecule has 2 atom stereocenters. The van der Waals surface area contributed by atoms with Crippen LogP contribution in [0, 0.1) is 0 Å². The fraction of sp³-hybridized carbons (Fsp3) is 0.269. The largest absolute Gasteiger partial charge is 0.504 e. The number of hydrogen-bond donors (Lipinski definition) is 1. The summed E-state index contributed by atoms with van der Waals surface area (Å²) in [6.07, 6.45) is 0.791. The molecule has 0 spiro atoms. The van der Waals surface area contributed by atoms with Crippen molar-refractivity contribution in [1.82, 2.24) is 0 Å². The lowest BCUT2D eigenvalue weighted by atomic mass is 9.89. The summed E-state index contributed by atoms with van der Waals surface area (Å²) in [5.41, 5.74) is 3.54. The molecule has 32 heavy (non-hydrogen) atoms. The SMILES string of the molecule is COc1ccc(C(=O)N2c3ccccc3C(N3CCOc4ccccc43)CC2C)cc1O. The van der Waals surface area contributed by atoms with E-state index >= 15 is 0 Å². The van der Waals surface area contributed by atoms with Crippen molar-refractivity contribution in [2.45, 2.75) is 25.4 Å². The molecule has 3 aromatic carbocycles. The molecule has 0 saturated carbocycles. The quantitative estimate of drug-likeness (QED) is 0.648. The van der Waals surface area contributed by atoms with Gasteiger partial charge in [0.1, 0.15) is 12.4 Å². The molecule has 0 fully saturated rings. The van der Waals surface area contributed by atoms with Crippen LogP contribution in [0.5, 0.6) is 17.2 Å². The fourth-order valence-electron chi connectivity index (χ4n) is 4.86. The van der Waals surface area contributed by atoms with Crippen molar-refractivity contribution >= 4 is 17.3 Å². The first-order valence-corrected chi connectivity index (χ1v) is 10.9. The van der Waals surface area contributed by atoms with E-state index in [0.717, 1.165) is 35.7 Å². The number of fused-ring (bicyclic) bond motifs is 2. The average Bonchev–Trinajstić information content (AvgIpc) is 2.83. The molecule has 6 heteroatoms. The molecule has 2 unspecified atom stereocenters. The van der Waals surface area contributed by atoms with Crippen molar-refractivity contribution in [2.75, 3.05) is 30.1 Å². The van der Waals surface area contributed by atoms with Gasteiger partial charge in [-0.3, -0.25) is 4.79 Å². The fourth-order valence-corrected chi connectivity index (χ4v) is 4.86. The highest BCUT2D eigenvalue weighted by molar-refractivity contribution is 6.07. The highest BCUT2D eigenvalue weighted by atomic mass is 16.5. The molecule has 0 bridgehead atoms. The number of nitrogens with zero attached hydrogens (tertiary/aromatic N) is 2. The monoisotopic (exact) mass is 430 g/mol. The minimum Gasteiger partial charge on any atom is -0.504 e. The Balaban J connectivity index is 1.54. The highest BCUT2D eigenvalue weighted by Gasteiger charge is 2.38. The molecule has 0 aromatic heterocycles. The zero-order valence-electron chi connectivity index (χ0n) is 18.2. The van der Waals surface area contributed by atoms with E-state index in [1.807, 2.05) is 41.3 Å². The average molecular weight is 431 g/mol. The Bertz CT molecular complexity index is 1160. The number of carbonyl (C=O) groups excluding carboxylic acids is 1. The van der Waals surface area contributed by atoms with Gasteiger partial charge in [0.25, 0.3) is 5.91 Å². The van der Waals surface area contributed by atoms with E-state index in [-0.39, 0.29) is 23.7 Å². The van der Waals surface area contributed by atoms with Gasteiger partial charge in [0, 0.05) is 17.3 Å². The van der Waals surface area contributed by atoms with E-state index in [1.54, 1.807) is 12.1 Å². The summed E-state index contributed by atoms with van der Waals surface area (Å²) >= 11 is 0. The molecule has 0 radical (unpaired) electrons. The van der Waals surface area contributed by atoms with Gasteiger partial charge in [0.15, 0.2) is 11.5 Å². The van der Waals surface area contributed by atoms with Crippen LogP contribution in [0.15, 0.2) is 66.7 Å². The smallest absolute Gasteiger partial charge is 0.258 e. The summed E-state index contributed by atoms with van der Waals surface area (Å²) in [7, 11) is 1.49. The minimum absolute atomic E-state index is 0.0262. The number of phenols is 1. The van der Waals surface area contributed by atoms with Gasteiger partial charge in [-0.05, 0) is 55.3 Å². The van der Waals surface area contributed by atoms with Crippen LogP contribution in [0.4, 0.5) is 11.4 Å². The highest BCUT2D eigenvalue weighted by Crippen LogP contribution is 2.45. The first kappa shape index (κ1) is 20.2. The summed E-state index contributed by atoms with van der Waals surface area (Å²) in [6, 6.07) is 21.1. The number of anilines is 2. The number of benzene rings is 3. The number of methoxy groups -OCH3 is 1. The molecule has 3 aromatic rings. The molecule has 164 valence electrons. The van der Waals surface area contributed by atoms with Gasteiger partial charge in [0.2, 0.25) is 0 Å². The number of aromatic hydroxyl groups is 1. The topological polar surface area (TPSA) is 62.2 Å². The third-order valence-corrected chi connectivity index (χ3v) is 6.35. The van der Waals surface area contributed by atoms with Crippen LogP contribution in [0.1, 0.15) is 35.3 Å². The first-order valence-electron chi connectivity index (χ1n) is 10.9. The minimum atomic E-state index is -0.135. The summed E-state index contributed by atoms with van der Waals surface area (Å²) in [6.45, 7) is 3.51. The number of para-hydroxylation sites is 3. The van der Waals surface area contributed by atoms with Crippen LogP contribution >= 0.6 is 0 Å². The Morgan fingerprint density at radius 1 is 1.06 bits per heavy atom. The maximum absolute atomic E-state index is 13.5. The lowest BCUT2D eigenvalue weighted by molar-refractivity contribution is 0.0972. The zero-order chi connectivity index (χ0) is 22.2. The van der Waals surface area contributed by atoms with Crippen molar-refractivity contribution in [3.05, 3.63) is 77.9 Å². The van der Waals surface area contributed by atoms with Crippen LogP contribution in [0.3, 0.4) is 0 Å². The lowest BCUT2D eigenvalue weighted by Crippen LogP contribution is -2.47. The number of phenolic OH excluding ortho intramolecular Hbond substituents is 1. The van der Waals surface area contributed by atoms with Crippen LogP contribution in [0.2, 0.25) is 0 Å². The predicted molar refractivity (Wildman–Crippen MR) is 124 cm³/mol. The van der Waals surface area contributed by atoms with E-state index in [0.29, 0.717) is 17.9 Å². The molecule has 1 N–H and O–H groups in total. The molecule has 0 aliphatic carbocycles. The van der Waals surface area contributed by atoms with Gasteiger partial charge in [-0.2, -0.15) is 0 Å². The van der Waals surface area contributed by atoms with Gasteiger partial charge >= 0.3 is 0 Å². The van der Waals surface area contributed by atoms with Crippen LogP contribution in [-0.2, 0) is 0 Å². The summed E-state index contributed by atoms with van der Waals surface area (Å²) in [5.74, 6) is 1.07. The Morgan fingerprint density at radius 3 is 2.59 bits per heavy atom. The second kappa shape index (κ2) is 8.11. The van der Waals surface area contributed by atoms with Gasteiger partial charge in [-0.1, -0.05) is 30.3 Å². The molecule has 2 aliphatic rings. The van der Waals surface area contributed by atoms with Crippen LogP contribution < -0.4 is 19.3 Å². The van der Waals surface area contributed by atoms with Crippen molar-refractivity contribution in [3.8, 4) is 17.2 Å². The number of carbonyl (C=O) groups is 1. The van der Waals surface area contributed by atoms with E-state index in [9.17, 15) is 9.90 Å². The summed E-state index contributed by atoms with van der Waals surface area (Å²) in [4.78, 5) is 17.8. The van der Waals surface area contributed by atoms with Crippen molar-refractivity contribution in [3.63, 3.8) is 0 Å². The van der Waals surface area contributed by atoms with E-state index < -0.39 is 0 Å². The predicted octanol–water partition coefficient (Wildman–Crippen LogP) is 4.78. The summed E-state index contributed by atoms with van der Waals surface area (Å²) < 4.78 is 11.0. The van der Waals surface area contributed by atoms with E-state index in [4.69, 9.17) is 9.47 Å². The number of rotatable bonds is 3. The first-order chi connectivity index (χ1) is 15.6. The second-order valence-electron chi connectivity index (χ2n) is 8.23. The Morgan fingerprint density at radius 2 is 1.81 bits per heavy atom. The second-order valence-corrected chi connectivity index (χ2v) is 8.23. The molecular weight excluding hydrogens is 404 g/mol. The lowest BCUT2D eigenvalue weighted by Gasteiger charge is -2.45. The van der Waals surface area contributed by atoms with Gasteiger partial charge < -0.3 is 24.4 Å². The van der Waals surface area contributed by atoms with Gasteiger partial charge in [-0.15, -0.1) is 0 Å². The number of ether oxygens (including phenoxy) is 2. The normalized spacial score (nSPS) is 19.6. The maximum atomic E-state index is 13.5. The Kier molecular flexibility index (Phi) is 5.13. The third-order valence-electron chi connectivity index (χ3n) is 6.35. The van der Waals surface area contributed by atoms with Crippen molar-refractivity contribution in [1.29, 1.82) is 0 Å².